The molecule has 1 aromatic carbocycles. The number of benzene rings is 1. The van der Waals surface area contributed by atoms with Crippen molar-refractivity contribution < 1.29 is 4.39 Å². The molecule has 68 valence electrons. The summed E-state index contributed by atoms with van der Waals surface area (Å²) in [6.45, 7) is 1.87. The standard InChI is InChI=1S/C11H10ClF/c1-3-5-8(2)11-9(12)6-4-7-10(11)13/h1,4,6-8H,5H2,2H3. The fourth-order valence-corrected chi connectivity index (χ4v) is 1.61. The van der Waals surface area contributed by atoms with Crippen LogP contribution in [0.5, 0.6) is 0 Å². The molecular formula is C11H10ClF. The topological polar surface area (TPSA) is 0 Å². The first-order valence-electron chi connectivity index (χ1n) is 4.04. The SMILES string of the molecule is C#CCC(C)c1c(F)cccc1Cl. The summed E-state index contributed by atoms with van der Waals surface area (Å²) >= 11 is 5.85. The first-order valence-corrected chi connectivity index (χ1v) is 4.42. The van der Waals surface area contributed by atoms with E-state index >= 15 is 0 Å². The third kappa shape index (κ3) is 2.23. The normalized spacial score (nSPS) is 12.2. The summed E-state index contributed by atoms with van der Waals surface area (Å²) in [5.74, 6) is 2.18. The summed E-state index contributed by atoms with van der Waals surface area (Å²) in [5.41, 5.74) is 0.516. The van der Waals surface area contributed by atoms with Crippen LogP contribution in [0.25, 0.3) is 0 Å². The van der Waals surface area contributed by atoms with Gasteiger partial charge in [0.1, 0.15) is 5.82 Å². The average molecular weight is 197 g/mol. The lowest BCUT2D eigenvalue weighted by molar-refractivity contribution is 0.592. The Labute approximate surface area is 82.7 Å². The molecule has 1 unspecified atom stereocenters. The van der Waals surface area contributed by atoms with Gasteiger partial charge in [-0.05, 0) is 18.1 Å². The monoisotopic (exact) mass is 196 g/mol. The minimum atomic E-state index is -0.282. The zero-order valence-electron chi connectivity index (χ0n) is 7.35. The molecule has 0 spiro atoms. The number of hydrogen-bond donors (Lipinski definition) is 0. The minimum absolute atomic E-state index is 0.0290. The van der Waals surface area contributed by atoms with Gasteiger partial charge in [-0.3, -0.25) is 0 Å². The second-order valence-corrected chi connectivity index (χ2v) is 3.35. The molecular weight excluding hydrogens is 187 g/mol. The van der Waals surface area contributed by atoms with Crippen LogP contribution in [0.3, 0.4) is 0 Å². The molecule has 0 bridgehead atoms. The van der Waals surface area contributed by atoms with Crippen LogP contribution in [0.1, 0.15) is 24.8 Å². The quantitative estimate of drug-likeness (QED) is 0.634. The predicted octanol–water partition coefficient (Wildman–Crippen LogP) is 3.61. The third-order valence-corrected chi connectivity index (χ3v) is 2.25. The molecule has 1 rings (SSSR count). The minimum Gasteiger partial charge on any atom is -0.207 e. The van der Waals surface area contributed by atoms with Crippen LogP contribution in [0.15, 0.2) is 18.2 Å². The summed E-state index contributed by atoms with van der Waals surface area (Å²) in [6.07, 6.45) is 5.65. The van der Waals surface area contributed by atoms with Crippen LogP contribution >= 0.6 is 11.6 Å². The largest absolute Gasteiger partial charge is 0.207 e. The summed E-state index contributed by atoms with van der Waals surface area (Å²) in [4.78, 5) is 0. The lowest BCUT2D eigenvalue weighted by Crippen LogP contribution is -1.97. The molecule has 0 N–H and O–H groups in total. The van der Waals surface area contributed by atoms with Crippen molar-refractivity contribution in [2.24, 2.45) is 0 Å². The summed E-state index contributed by atoms with van der Waals surface area (Å²) in [7, 11) is 0. The molecule has 13 heavy (non-hydrogen) atoms. The maximum absolute atomic E-state index is 13.3. The smallest absolute Gasteiger partial charge is 0.128 e. The maximum Gasteiger partial charge on any atom is 0.128 e. The zero-order chi connectivity index (χ0) is 9.84. The summed E-state index contributed by atoms with van der Waals surface area (Å²) in [5, 5.41) is 0.447. The van der Waals surface area contributed by atoms with Crippen LogP contribution in [0, 0.1) is 18.2 Å². The Balaban J connectivity index is 3.06. The van der Waals surface area contributed by atoms with E-state index in [4.69, 9.17) is 18.0 Å². The fourth-order valence-electron chi connectivity index (χ4n) is 1.26. The van der Waals surface area contributed by atoms with E-state index in [0.29, 0.717) is 17.0 Å². The second kappa shape index (κ2) is 4.30. The molecule has 0 aliphatic carbocycles. The third-order valence-electron chi connectivity index (χ3n) is 1.92. The fraction of sp³-hybridized carbons (Fsp3) is 0.273. The van der Waals surface area contributed by atoms with Gasteiger partial charge in [-0.25, -0.2) is 4.39 Å². The van der Waals surface area contributed by atoms with Gasteiger partial charge in [-0.2, -0.15) is 0 Å². The molecule has 0 nitrogen and oxygen atoms in total. The van der Waals surface area contributed by atoms with Gasteiger partial charge >= 0.3 is 0 Å². The highest BCUT2D eigenvalue weighted by molar-refractivity contribution is 6.31. The van der Waals surface area contributed by atoms with E-state index in [-0.39, 0.29) is 11.7 Å². The highest BCUT2D eigenvalue weighted by Gasteiger charge is 2.13. The molecule has 2 heteroatoms. The Hall–Kier alpha value is -1.00. The number of terminal acetylenes is 1. The van der Waals surface area contributed by atoms with E-state index in [1.165, 1.54) is 6.07 Å². The van der Waals surface area contributed by atoms with Gasteiger partial charge in [0.25, 0.3) is 0 Å². The molecule has 0 amide bonds. The van der Waals surface area contributed by atoms with Crippen molar-refractivity contribution in [3.05, 3.63) is 34.6 Å². The van der Waals surface area contributed by atoms with Crippen molar-refractivity contribution in [3.63, 3.8) is 0 Å². The first-order chi connectivity index (χ1) is 6.16. The van der Waals surface area contributed by atoms with Crippen LogP contribution in [-0.4, -0.2) is 0 Å². The summed E-state index contributed by atoms with van der Waals surface area (Å²) < 4.78 is 13.3. The molecule has 0 heterocycles. The molecule has 0 fully saturated rings. The van der Waals surface area contributed by atoms with Crippen molar-refractivity contribution in [1.29, 1.82) is 0 Å². The van der Waals surface area contributed by atoms with Gasteiger partial charge in [0.2, 0.25) is 0 Å². The van der Waals surface area contributed by atoms with E-state index in [1.54, 1.807) is 12.1 Å². The van der Waals surface area contributed by atoms with E-state index in [9.17, 15) is 4.39 Å². The number of hydrogen-bond acceptors (Lipinski definition) is 0. The number of rotatable bonds is 2. The van der Waals surface area contributed by atoms with Gasteiger partial charge in [-0.1, -0.05) is 24.6 Å². The van der Waals surface area contributed by atoms with Gasteiger partial charge in [-0.15, -0.1) is 12.3 Å². The molecule has 1 atom stereocenters. The Bertz CT molecular complexity index is 318. The Morgan fingerprint density at radius 2 is 2.31 bits per heavy atom. The van der Waals surface area contributed by atoms with E-state index in [2.05, 4.69) is 5.92 Å². The Kier molecular flexibility index (Phi) is 3.33. The molecule has 1 aromatic rings. The predicted molar refractivity (Wildman–Crippen MR) is 53.3 cm³/mol. The average Bonchev–Trinajstić information content (AvgIpc) is 2.04. The van der Waals surface area contributed by atoms with Crippen molar-refractivity contribution in [2.45, 2.75) is 19.3 Å². The molecule has 0 saturated carbocycles. The van der Waals surface area contributed by atoms with Gasteiger partial charge < -0.3 is 0 Å². The lowest BCUT2D eigenvalue weighted by Gasteiger charge is -2.11. The van der Waals surface area contributed by atoms with Crippen molar-refractivity contribution >= 4 is 11.6 Å². The Morgan fingerprint density at radius 3 is 2.85 bits per heavy atom. The van der Waals surface area contributed by atoms with Gasteiger partial charge in [0, 0.05) is 17.0 Å². The van der Waals surface area contributed by atoms with Gasteiger partial charge in [0.15, 0.2) is 0 Å². The number of halogens is 2. The molecule has 0 aliphatic heterocycles. The maximum atomic E-state index is 13.3. The Morgan fingerprint density at radius 1 is 1.62 bits per heavy atom. The first kappa shape index (κ1) is 10.1. The lowest BCUT2D eigenvalue weighted by atomic mass is 9.98. The van der Waals surface area contributed by atoms with Crippen LogP contribution < -0.4 is 0 Å². The zero-order valence-corrected chi connectivity index (χ0v) is 8.11. The van der Waals surface area contributed by atoms with Crippen molar-refractivity contribution in [2.75, 3.05) is 0 Å². The highest BCUT2D eigenvalue weighted by Crippen LogP contribution is 2.28. The van der Waals surface area contributed by atoms with E-state index in [1.807, 2.05) is 6.92 Å². The van der Waals surface area contributed by atoms with Crippen LogP contribution in [0.2, 0.25) is 5.02 Å². The van der Waals surface area contributed by atoms with E-state index < -0.39 is 0 Å². The second-order valence-electron chi connectivity index (χ2n) is 2.94. The molecule has 0 radical (unpaired) electrons. The molecule has 0 aromatic heterocycles. The van der Waals surface area contributed by atoms with Crippen molar-refractivity contribution in [1.82, 2.24) is 0 Å². The van der Waals surface area contributed by atoms with Crippen LogP contribution in [0.4, 0.5) is 4.39 Å². The summed E-state index contributed by atoms with van der Waals surface area (Å²) in [6, 6.07) is 4.66. The molecule has 0 saturated heterocycles. The van der Waals surface area contributed by atoms with Crippen LogP contribution in [-0.2, 0) is 0 Å². The van der Waals surface area contributed by atoms with Crippen molar-refractivity contribution in [3.8, 4) is 12.3 Å². The van der Waals surface area contributed by atoms with E-state index in [0.717, 1.165) is 0 Å². The molecule has 0 aliphatic rings. The van der Waals surface area contributed by atoms with Gasteiger partial charge in [0.05, 0.1) is 0 Å². The highest BCUT2D eigenvalue weighted by atomic mass is 35.5.